The van der Waals surface area contributed by atoms with Crippen molar-refractivity contribution in [3.05, 3.63) is 77.1 Å². The Balaban J connectivity index is 1.63. The molecule has 0 saturated heterocycles. The van der Waals surface area contributed by atoms with Gasteiger partial charge in [-0.2, -0.15) is 0 Å². The molecule has 0 radical (unpaired) electrons. The topological polar surface area (TPSA) is 66.5 Å². The molecule has 1 amide bonds. The Morgan fingerprint density at radius 3 is 2.17 bits per heavy atom. The highest BCUT2D eigenvalue weighted by atomic mass is 19.1. The Morgan fingerprint density at radius 2 is 1.50 bits per heavy atom. The number of nitrogens with zero attached hydrogens (tertiary/aromatic N) is 1. The summed E-state index contributed by atoms with van der Waals surface area (Å²) in [6.07, 6.45) is 0.858. The van der Waals surface area contributed by atoms with Crippen LogP contribution in [0.5, 0.6) is 28.7 Å². The summed E-state index contributed by atoms with van der Waals surface area (Å²) in [7, 11) is 6.32. The molecule has 0 saturated carbocycles. The molecule has 0 bridgehead atoms. The molecule has 190 valence electrons. The van der Waals surface area contributed by atoms with Gasteiger partial charge in [0.2, 0.25) is 5.91 Å². The van der Waals surface area contributed by atoms with Gasteiger partial charge in [0.15, 0.2) is 23.0 Å². The number of halogens is 1. The van der Waals surface area contributed by atoms with Gasteiger partial charge >= 0.3 is 0 Å². The third-order valence-electron chi connectivity index (χ3n) is 6.35. The SMILES string of the molecule is COc1ccc(CC(=O)N2CCc3cc(OC)c(OC)cc3C2COc2ccc(F)cc2)cc1OC. The van der Waals surface area contributed by atoms with Crippen LogP contribution in [0.2, 0.25) is 0 Å². The molecular weight excluding hydrogens is 465 g/mol. The number of methoxy groups -OCH3 is 4. The smallest absolute Gasteiger partial charge is 0.227 e. The minimum absolute atomic E-state index is 0.0460. The summed E-state index contributed by atoms with van der Waals surface area (Å²) < 4.78 is 41.1. The van der Waals surface area contributed by atoms with E-state index in [1.54, 1.807) is 46.6 Å². The third-order valence-corrected chi connectivity index (χ3v) is 6.35. The van der Waals surface area contributed by atoms with Gasteiger partial charge in [-0.15, -0.1) is 0 Å². The van der Waals surface area contributed by atoms with Gasteiger partial charge in [0.25, 0.3) is 0 Å². The second-order valence-electron chi connectivity index (χ2n) is 8.39. The summed E-state index contributed by atoms with van der Waals surface area (Å²) in [5, 5.41) is 0. The monoisotopic (exact) mass is 495 g/mol. The van der Waals surface area contributed by atoms with Gasteiger partial charge in [-0.1, -0.05) is 6.07 Å². The molecule has 0 aliphatic carbocycles. The van der Waals surface area contributed by atoms with E-state index < -0.39 is 0 Å². The van der Waals surface area contributed by atoms with Gasteiger partial charge < -0.3 is 28.6 Å². The highest BCUT2D eigenvalue weighted by Gasteiger charge is 2.33. The quantitative estimate of drug-likeness (QED) is 0.432. The lowest BCUT2D eigenvalue weighted by molar-refractivity contribution is -0.134. The first-order chi connectivity index (χ1) is 17.5. The van der Waals surface area contributed by atoms with Gasteiger partial charge in [0.1, 0.15) is 18.2 Å². The van der Waals surface area contributed by atoms with Crippen LogP contribution in [-0.4, -0.2) is 52.4 Å². The van der Waals surface area contributed by atoms with E-state index >= 15 is 0 Å². The lowest BCUT2D eigenvalue weighted by Crippen LogP contribution is -2.43. The van der Waals surface area contributed by atoms with Crippen LogP contribution in [0, 0.1) is 5.82 Å². The summed E-state index contributed by atoms with van der Waals surface area (Å²) in [5.74, 6) is 2.53. The molecule has 1 aliphatic rings. The molecule has 1 aliphatic heterocycles. The zero-order valence-corrected chi connectivity index (χ0v) is 20.9. The fourth-order valence-electron chi connectivity index (χ4n) is 4.48. The van der Waals surface area contributed by atoms with Crippen molar-refractivity contribution in [3.8, 4) is 28.7 Å². The van der Waals surface area contributed by atoms with E-state index in [1.807, 2.05) is 29.2 Å². The Hall–Kier alpha value is -3.94. The standard InChI is InChI=1S/C28H30FNO6/c1-32-24-10-5-18(13-25(24)33-2)14-28(31)30-12-11-19-15-26(34-3)27(35-4)16-22(19)23(30)17-36-21-8-6-20(29)7-9-21/h5-10,13,15-16,23H,11-12,14,17H2,1-4H3. The average Bonchev–Trinajstić information content (AvgIpc) is 2.91. The van der Waals surface area contributed by atoms with E-state index in [1.165, 1.54) is 12.1 Å². The number of ether oxygens (including phenoxy) is 5. The van der Waals surface area contributed by atoms with Gasteiger partial charge in [-0.3, -0.25) is 4.79 Å². The van der Waals surface area contributed by atoms with Crippen LogP contribution in [0.1, 0.15) is 22.7 Å². The van der Waals surface area contributed by atoms with Crippen LogP contribution in [0.25, 0.3) is 0 Å². The van der Waals surface area contributed by atoms with E-state index in [0.717, 1.165) is 16.7 Å². The average molecular weight is 496 g/mol. The summed E-state index contributed by atoms with van der Waals surface area (Å²) >= 11 is 0. The fourth-order valence-corrected chi connectivity index (χ4v) is 4.48. The van der Waals surface area contributed by atoms with E-state index in [9.17, 15) is 9.18 Å². The molecule has 1 atom stereocenters. The van der Waals surface area contributed by atoms with Gasteiger partial charge in [-0.05, 0) is 71.6 Å². The van der Waals surface area contributed by atoms with E-state index in [2.05, 4.69) is 0 Å². The molecule has 4 rings (SSSR count). The number of amides is 1. The highest BCUT2D eigenvalue weighted by Crippen LogP contribution is 2.39. The summed E-state index contributed by atoms with van der Waals surface area (Å²) in [4.78, 5) is 15.4. The van der Waals surface area contributed by atoms with Crippen molar-refractivity contribution in [1.82, 2.24) is 4.90 Å². The van der Waals surface area contributed by atoms with Gasteiger partial charge in [0.05, 0.1) is 40.9 Å². The molecule has 7 nitrogen and oxygen atoms in total. The van der Waals surface area contributed by atoms with Crippen molar-refractivity contribution in [3.63, 3.8) is 0 Å². The van der Waals surface area contributed by atoms with E-state index in [0.29, 0.717) is 41.7 Å². The zero-order chi connectivity index (χ0) is 25.7. The molecule has 0 spiro atoms. The third kappa shape index (κ3) is 5.32. The first-order valence-corrected chi connectivity index (χ1v) is 11.6. The lowest BCUT2D eigenvalue weighted by Gasteiger charge is -2.37. The minimum Gasteiger partial charge on any atom is -0.493 e. The summed E-state index contributed by atoms with van der Waals surface area (Å²) in [6.45, 7) is 0.720. The number of rotatable bonds is 9. The summed E-state index contributed by atoms with van der Waals surface area (Å²) in [5.41, 5.74) is 2.81. The Morgan fingerprint density at radius 1 is 0.861 bits per heavy atom. The van der Waals surface area contributed by atoms with Crippen molar-refractivity contribution in [1.29, 1.82) is 0 Å². The van der Waals surface area contributed by atoms with Crippen LogP contribution in [0.3, 0.4) is 0 Å². The second-order valence-corrected chi connectivity index (χ2v) is 8.39. The van der Waals surface area contributed by atoms with E-state index in [4.69, 9.17) is 23.7 Å². The predicted molar refractivity (Wildman–Crippen MR) is 133 cm³/mol. The zero-order valence-electron chi connectivity index (χ0n) is 20.9. The molecule has 0 N–H and O–H groups in total. The van der Waals surface area contributed by atoms with Crippen molar-refractivity contribution < 1.29 is 32.9 Å². The van der Waals surface area contributed by atoms with Gasteiger partial charge in [-0.25, -0.2) is 4.39 Å². The number of carbonyl (C=O) groups is 1. The van der Waals surface area contributed by atoms with Crippen LogP contribution < -0.4 is 23.7 Å². The van der Waals surface area contributed by atoms with Crippen molar-refractivity contribution >= 4 is 5.91 Å². The second kappa shape index (κ2) is 11.2. The normalized spacial score (nSPS) is 14.6. The molecule has 3 aromatic rings. The molecule has 36 heavy (non-hydrogen) atoms. The fraction of sp³-hybridized carbons (Fsp3) is 0.321. The van der Waals surface area contributed by atoms with Crippen LogP contribution in [0.15, 0.2) is 54.6 Å². The number of fused-ring (bicyclic) bond motifs is 1. The minimum atomic E-state index is -0.369. The molecule has 1 heterocycles. The maximum Gasteiger partial charge on any atom is 0.227 e. The molecular formula is C28H30FNO6. The summed E-state index contributed by atoms with van der Waals surface area (Å²) in [6, 6.07) is 14.8. The number of hydrogen-bond donors (Lipinski definition) is 0. The molecule has 0 fully saturated rings. The number of hydrogen-bond acceptors (Lipinski definition) is 6. The van der Waals surface area contributed by atoms with Crippen molar-refractivity contribution in [2.24, 2.45) is 0 Å². The maximum absolute atomic E-state index is 13.6. The first-order valence-electron chi connectivity index (χ1n) is 11.6. The van der Waals surface area contributed by atoms with E-state index in [-0.39, 0.29) is 30.8 Å². The number of carbonyl (C=O) groups excluding carboxylic acids is 1. The predicted octanol–water partition coefficient (Wildman–Crippen LogP) is 4.61. The Bertz CT molecular complexity index is 1210. The van der Waals surface area contributed by atoms with Gasteiger partial charge in [0, 0.05) is 6.54 Å². The highest BCUT2D eigenvalue weighted by molar-refractivity contribution is 5.80. The molecule has 8 heteroatoms. The lowest BCUT2D eigenvalue weighted by atomic mass is 9.91. The Kier molecular flexibility index (Phi) is 7.83. The Labute approximate surface area is 210 Å². The first kappa shape index (κ1) is 25.2. The largest absolute Gasteiger partial charge is 0.493 e. The molecule has 0 aromatic heterocycles. The van der Waals surface area contributed by atoms with Crippen LogP contribution in [-0.2, 0) is 17.6 Å². The maximum atomic E-state index is 13.6. The van der Waals surface area contributed by atoms with Crippen molar-refractivity contribution in [2.75, 3.05) is 41.6 Å². The molecule has 1 unspecified atom stereocenters. The molecule has 3 aromatic carbocycles. The van der Waals surface area contributed by atoms with Crippen molar-refractivity contribution in [2.45, 2.75) is 18.9 Å². The van der Waals surface area contributed by atoms with Crippen LogP contribution in [0.4, 0.5) is 4.39 Å². The van der Waals surface area contributed by atoms with Crippen LogP contribution >= 0.6 is 0 Å². The number of benzene rings is 3.